The number of carbonyl (C=O) groups is 1. The van der Waals surface area contributed by atoms with Crippen LogP contribution in [0, 0.1) is 6.92 Å². The van der Waals surface area contributed by atoms with Gasteiger partial charge < -0.3 is 20.0 Å². The van der Waals surface area contributed by atoms with Crippen LogP contribution in [0.2, 0.25) is 0 Å². The lowest BCUT2D eigenvalue weighted by Gasteiger charge is -2.38. The lowest BCUT2D eigenvalue weighted by Crippen LogP contribution is -2.50. The van der Waals surface area contributed by atoms with Crippen molar-refractivity contribution in [3.63, 3.8) is 0 Å². The number of rotatable bonds is 5. The zero-order valence-corrected chi connectivity index (χ0v) is 16.4. The molecule has 2 fully saturated rings. The number of nitrogens with zero attached hydrogens (tertiary/aromatic N) is 3. The third-order valence-corrected chi connectivity index (χ3v) is 5.79. The second kappa shape index (κ2) is 9.38. The van der Waals surface area contributed by atoms with Gasteiger partial charge in [-0.2, -0.15) is 0 Å². The smallest absolute Gasteiger partial charge is 0.317 e. The van der Waals surface area contributed by atoms with Crippen LogP contribution in [0.5, 0.6) is 0 Å². The number of benzene rings is 1. The summed E-state index contributed by atoms with van der Waals surface area (Å²) < 4.78 is 0. The molecule has 5 nitrogen and oxygen atoms in total. The first-order valence-corrected chi connectivity index (χ1v) is 10.1. The molecule has 2 amide bonds. The Hall–Kier alpha value is -1.59. The first kappa shape index (κ1) is 19.2. The molecule has 0 spiro atoms. The molecule has 0 aliphatic carbocycles. The van der Waals surface area contributed by atoms with E-state index in [1.807, 2.05) is 0 Å². The van der Waals surface area contributed by atoms with E-state index in [4.69, 9.17) is 0 Å². The summed E-state index contributed by atoms with van der Waals surface area (Å²) in [6, 6.07) is 8.85. The molecule has 0 bridgehead atoms. The summed E-state index contributed by atoms with van der Waals surface area (Å²) in [6.07, 6.45) is 4.62. The highest BCUT2D eigenvalue weighted by Crippen LogP contribution is 2.20. The molecule has 1 N–H and O–H groups in total. The summed E-state index contributed by atoms with van der Waals surface area (Å²) in [7, 11) is 2.19. The van der Waals surface area contributed by atoms with Gasteiger partial charge in [-0.15, -0.1) is 0 Å². The summed E-state index contributed by atoms with van der Waals surface area (Å²) in [5.74, 6) is 0. The van der Waals surface area contributed by atoms with Crippen LogP contribution in [-0.4, -0.2) is 73.1 Å². The van der Waals surface area contributed by atoms with Crippen molar-refractivity contribution in [3.05, 3.63) is 35.4 Å². The number of hydrogen-bond acceptors (Lipinski definition) is 3. The lowest BCUT2D eigenvalue weighted by atomic mass is 9.99. The summed E-state index contributed by atoms with van der Waals surface area (Å²) in [5.41, 5.74) is 2.41. The number of hydrogen-bond donors (Lipinski definition) is 1. The van der Waals surface area contributed by atoms with Crippen LogP contribution in [0.25, 0.3) is 0 Å². The van der Waals surface area contributed by atoms with E-state index in [0.717, 1.165) is 58.5 Å². The van der Waals surface area contributed by atoms with Gasteiger partial charge >= 0.3 is 6.03 Å². The Morgan fingerprint density at radius 2 is 1.96 bits per heavy atom. The van der Waals surface area contributed by atoms with Gasteiger partial charge in [0.05, 0.1) is 0 Å². The van der Waals surface area contributed by atoms with Crippen molar-refractivity contribution in [3.8, 4) is 0 Å². The summed E-state index contributed by atoms with van der Waals surface area (Å²) in [5, 5.41) is 3.14. The molecule has 2 saturated heterocycles. The van der Waals surface area contributed by atoms with Crippen LogP contribution in [0.3, 0.4) is 0 Å². The molecule has 2 aliphatic rings. The maximum atomic E-state index is 12.8. The fourth-order valence-corrected chi connectivity index (χ4v) is 4.07. The topological polar surface area (TPSA) is 38.8 Å². The van der Waals surface area contributed by atoms with Crippen molar-refractivity contribution in [2.75, 3.05) is 46.3 Å². The number of nitrogens with one attached hydrogen (secondary N) is 1. The van der Waals surface area contributed by atoms with Gasteiger partial charge in [0.15, 0.2) is 0 Å². The number of likely N-dealkylation sites (N-methyl/N-ethyl adjacent to an activating group) is 1. The Morgan fingerprint density at radius 1 is 1.15 bits per heavy atom. The van der Waals surface area contributed by atoms with Crippen molar-refractivity contribution in [1.82, 2.24) is 20.0 Å². The van der Waals surface area contributed by atoms with E-state index in [9.17, 15) is 4.79 Å². The zero-order chi connectivity index (χ0) is 18.4. The number of carbonyl (C=O) groups excluding carboxylic acids is 1. The Bertz CT molecular complexity index is 583. The minimum atomic E-state index is 0.106. The average Bonchev–Trinajstić information content (AvgIpc) is 2.66. The van der Waals surface area contributed by atoms with Gasteiger partial charge in [-0.3, -0.25) is 0 Å². The largest absolute Gasteiger partial charge is 0.334 e. The summed E-state index contributed by atoms with van der Waals surface area (Å²) in [6.45, 7) is 9.34. The predicted octanol–water partition coefficient (Wildman–Crippen LogP) is 2.70. The fraction of sp³-hybridized carbons (Fsp3) is 0.667. The highest BCUT2D eigenvalue weighted by molar-refractivity contribution is 5.74. The SMILES string of the molecule is Cc1cccc(CNC(=O)N2CCCCC2CCN2CCN(C)CC2)c1. The second-order valence-electron chi connectivity index (χ2n) is 7.92. The average molecular weight is 359 g/mol. The van der Waals surface area contributed by atoms with E-state index in [-0.39, 0.29) is 6.03 Å². The van der Waals surface area contributed by atoms with Crippen molar-refractivity contribution in [2.24, 2.45) is 0 Å². The molecule has 1 aromatic carbocycles. The van der Waals surface area contributed by atoms with Gasteiger partial charge in [-0.05, 0) is 45.2 Å². The predicted molar refractivity (Wildman–Crippen MR) is 106 cm³/mol. The molecule has 0 aromatic heterocycles. The molecule has 3 rings (SSSR count). The minimum absolute atomic E-state index is 0.106. The van der Waals surface area contributed by atoms with E-state index in [0.29, 0.717) is 12.6 Å². The van der Waals surface area contributed by atoms with E-state index >= 15 is 0 Å². The number of likely N-dealkylation sites (tertiary alicyclic amines) is 1. The highest BCUT2D eigenvalue weighted by atomic mass is 16.2. The third kappa shape index (κ3) is 5.45. The molecule has 144 valence electrons. The lowest BCUT2D eigenvalue weighted by molar-refractivity contribution is 0.117. The number of urea groups is 1. The molecule has 26 heavy (non-hydrogen) atoms. The molecular weight excluding hydrogens is 324 g/mol. The van der Waals surface area contributed by atoms with Gasteiger partial charge in [0.2, 0.25) is 0 Å². The third-order valence-electron chi connectivity index (χ3n) is 5.79. The fourth-order valence-electron chi connectivity index (χ4n) is 4.07. The number of piperidine rings is 1. The standard InChI is InChI=1S/C21H34N4O/c1-18-6-5-7-19(16-18)17-22-21(26)25-10-4-3-8-20(25)9-11-24-14-12-23(2)13-15-24/h5-7,16,20H,3-4,8-15,17H2,1-2H3,(H,22,26). The van der Waals surface area contributed by atoms with Crippen LogP contribution < -0.4 is 5.32 Å². The van der Waals surface area contributed by atoms with Crippen LogP contribution in [0.1, 0.15) is 36.8 Å². The molecular formula is C21H34N4O. The van der Waals surface area contributed by atoms with Gasteiger partial charge in [0.25, 0.3) is 0 Å². The maximum absolute atomic E-state index is 12.8. The van der Waals surface area contributed by atoms with E-state index in [1.165, 1.54) is 17.5 Å². The Labute approximate surface area is 158 Å². The second-order valence-corrected chi connectivity index (χ2v) is 7.92. The van der Waals surface area contributed by atoms with Crippen molar-refractivity contribution in [1.29, 1.82) is 0 Å². The van der Waals surface area contributed by atoms with Crippen LogP contribution in [0.4, 0.5) is 4.79 Å². The first-order valence-electron chi connectivity index (χ1n) is 10.1. The zero-order valence-electron chi connectivity index (χ0n) is 16.4. The molecule has 5 heteroatoms. The van der Waals surface area contributed by atoms with Gasteiger partial charge in [-0.25, -0.2) is 4.79 Å². The summed E-state index contributed by atoms with van der Waals surface area (Å²) >= 11 is 0. The molecule has 1 unspecified atom stereocenters. The number of aryl methyl sites for hydroxylation is 1. The first-order chi connectivity index (χ1) is 12.6. The van der Waals surface area contributed by atoms with Gasteiger partial charge in [-0.1, -0.05) is 29.8 Å². The quantitative estimate of drug-likeness (QED) is 0.880. The number of amides is 2. The van der Waals surface area contributed by atoms with E-state index in [2.05, 4.69) is 58.3 Å². The van der Waals surface area contributed by atoms with Crippen LogP contribution >= 0.6 is 0 Å². The van der Waals surface area contributed by atoms with Gasteiger partial charge in [0.1, 0.15) is 0 Å². The summed E-state index contributed by atoms with van der Waals surface area (Å²) in [4.78, 5) is 19.8. The van der Waals surface area contributed by atoms with E-state index in [1.54, 1.807) is 0 Å². The monoisotopic (exact) mass is 358 g/mol. The normalized spacial score (nSPS) is 22.4. The van der Waals surface area contributed by atoms with Crippen LogP contribution in [0.15, 0.2) is 24.3 Å². The molecule has 2 heterocycles. The van der Waals surface area contributed by atoms with Gasteiger partial charge in [0, 0.05) is 51.9 Å². The molecule has 1 atom stereocenters. The molecule has 2 aliphatic heterocycles. The Balaban J connectivity index is 1.48. The number of piperazine rings is 1. The van der Waals surface area contributed by atoms with Crippen molar-refractivity contribution >= 4 is 6.03 Å². The van der Waals surface area contributed by atoms with Crippen LogP contribution in [-0.2, 0) is 6.54 Å². The van der Waals surface area contributed by atoms with Crippen molar-refractivity contribution in [2.45, 2.75) is 45.2 Å². The molecule has 1 aromatic rings. The minimum Gasteiger partial charge on any atom is -0.334 e. The maximum Gasteiger partial charge on any atom is 0.317 e. The molecule has 0 radical (unpaired) electrons. The Kier molecular flexibility index (Phi) is 6.92. The Morgan fingerprint density at radius 3 is 2.73 bits per heavy atom. The highest BCUT2D eigenvalue weighted by Gasteiger charge is 2.27. The molecule has 0 saturated carbocycles. The van der Waals surface area contributed by atoms with Crippen molar-refractivity contribution < 1.29 is 4.79 Å². The van der Waals surface area contributed by atoms with E-state index < -0.39 is 0 Å².